The summed E-state index contributed by atoms with van der Waals surface area (Å²) in [6.45, 7) is 3.86. The van der Waals surface area contributed by atoms with Crippen LogP contribution < -0.4 is 10.1 Å². The normalized spacial score (nSPS) is 15.0. The van der Waals surface area contributed by atoms with Gasteiger partial charge in [0.25, 0.3) is 0 Å². The molecule has 1 aromatic heterocycles. The average Bonchev–Trinajstić information content (AvgIpc) is 3.45. The third-order valence-electron chi connectivity index (χ3n) is 6.03. The van der Waals surface area contributed by atoms with E-state index in [0.717, 1.165) is 35.7 Å². The Balaban J connectivity index is 1.60. The second-order valence-corrected chi connectivity index (χ2v) is 7.69. The number of nitrogens with one attached hydrogen (secondary N) is 1. The Morgan fingerprint density at radius 1 is 0.897 bits per heavy atom. The SMILES string of the molecule is COc1nc(-c2cccc(-c3cccc4c3CCC4)c2C)ccc1C1=NCCN1. The van der Waals surface area contributed by atoms with Gasteiger partial charge in [-0.05, 0) is 66.1 Å². The number of nitrogens with zero attached hydrogens (tertiary/aromatic N) is 2. The topological polar surface area (TPSA) is 46.5 Å². The van der Waals surface area contributed by atoms with Gasteiger partial charge in [0.2, 0.25) is 5.88 Å². The minimum Gasteiger partial charge on any atom is -0.480 e. The van der Waals surface area contributed by atoms with Gasteiger partial charge >= 0.3 is 0 Å². The molecule has 1 aliphatic carbocycles. The number of rotatable bonds is 4. The van der Waals surface area contributed by atoms with E-state index in [9.17, 15) is 0 Å². The highest BCUT2D eigenvalue weighted by atomic mass is 16.5. The van der Waals surface area contributed by atoms with Crippen molar-refractivity contribution in [3.8, 4) is 28.3 Å². The molecule has 0 unspecified atom stereocenters. The summed E-state index contributed by atoms with van der Waals surface area (Å²) in [5.41, 5.74) is 9.93. The molecule has 0 atom stereocenters. The lowest BCUT2D eigenvalue weighted by Crippen LogP contribution is -2.20. The van der Waals surface area contributed by atoms with Crippen molar-refractivity contribution >= 4 is 5.84 Å². The first-order chi connectivity index (χ1) is 14.3. The molecular formula is C25H25N3O. The first-order valence-corrected chi connectivity index (χ1v) is 10.3. The Morgan fingerprint density at radius 3 is 2.55 bits per heavy atom. The lowest BCUT2D eigenvalue weighted by Gasteiger charge is -2.16. The van der Waals surface area contributed by atoms with Crippen LogP contribution in [0.4, 0.5) is 0 Å². The van der Waals surface area contributed by atoms with Crippen LogP contribution in [-0.4, -0.2) is 31.0 Å². The summed E-state index contributed by atoms with van der Waals surface area (Å²) in [4.78, 5) is 9.34. The number of aromatic nitrogens is 1. The number of amidine groups is 1. The molecule has 0 radical (unpaired) electrons. The average molecular weight is 383 g/mol. The van der Waals surface area contributed by atoms with Gasteiger partial charge in [-0.2, -0.15) is 0 Å². The van der Waals surface area contributed by atoms with Gasteiger partial charge in [0.05, 0.1) is 24.9 Å². The van der Waals surface area contributed by atoms with Crippen molar-refractivity contribution in [3.05, 3.63) is 70.8 Å². The maximum absolute atomic E-state index is 5.60. The van der Waals surface area contributed by atoms with Crippen LogP contribution in [0.3, 0.4) is 0 Å². The molecule has 0 bridgehead atoms. The van der Waals surface area contributed by atoms with E-state index in [4.69, 9.17) is 9.72 Å². The molecule has 0 fully saturated rings. The summed E-state index contributed by atoms with van der Waals surface area (Å²) >= 11 is 0. The highest BCUT2D eigenvalue weighted by Crippen LogP contribution is 2.37. The van der Waals surface area contributed by atoms with Gasteiger partial charge in [0.15, 0.2) is 0 Å². The van der Waals surface area contributed by atoms with Gasteiger partial charge in [-0.1, -0.05) is 36.4 Å². The van der Waals surface area contributed by atoms with E-state index in [-0.39, 0.29) is 0 Å². The molecule has 5 rings (SSSR count). The molecule has 3 aromatic rings. The summed E-state index contributed by atoms with van der Waals surface area (Å²) in [5.74, 6) is 1.48. The Bertz CT molecular complexity index is 1120. The predicted octanol–water partition coefficient (Wildman–Crippen LogP) is 4.57. The molecular weight excluding hydrogens is 358 g/mol. The molecule has 2 aromatic carbocycles. The van der Waals surface area contributed by atoms with E-state index >= 15 is 0 Å². The third kappa shape index (κ3) is 3.09. The second kappa shape index (κ2) is 7.36. The van der Waals surface area contributed by atoms with Crippen LogP contribution in [0.5, 0.6) is 5.88 Å². The number of pyridine rings is 1. The second-order valence-electron chi connectivity index (χ2n) is 7.69. The molecule has 29 heavy (non-hydrogen) atoms. The summed E-state index contributed by atoms with van der Waals surface area (Å²) < 4.78 is 5.60. The quantitative estimate of drug-likeness (QED) is 0.718. The van der Waals surface area contributed by atoms with Gasteiger partial charge in [0, 0.05) is 12.1 Å². The van der Waals surface area contributed by atoms with Crippen molar-refractivity contribution in [1.29, 1.82) is 0 Å². The number of hydrogen-bond donors (Lipinski definition) is 1. The molecule has 2 aliphatic rings. The molecule has 4 nitrogen and oxygen atoms in total. The van der Waals surface area contributed by atoms with E-state index < -0.39 is 0 Å². The fourth-order valence-electron chi connectivity index (χ4n) is 4.58. The van der Waals surface area contributed by atoms with Crippen molar-refractivity contribution in [3.63, 3.8) is 0 Å². The van der Waals surface area contributed by atoms with Crippen molar-refractivity contribution in [2.75, 3.05) is 20.2 Å². The van der Waals surface area contributed by atoms with E-state index in [0.29, 0.717) is 5.88 Å². The molecule has 4 heteroatoms. The Labute approximate surface area is 171 Å². The number of benzene rings is 2. The molecule has 146 valence electrons. The number of methoxy groups -OCH3 is 1. The number of hydrogen-bond acceptors (Lipinski definition) is 4. The van der Waals surface area contributed by atoms with Crippen LogP contribution in [-0.2, 0) is 12.8 Å². The number of ether oxygens (including phenoxy) is 1. The van der Waals surface area contributed by atoms with Gasteiger partial charge < -0.3 is 10.1 Å². The largest absolute Gasteiger partial charge is 0.480 e. The summed E-state index contributed by atoms with van der Waals surface area (Å²) in [7, 11) is 1.67. The number of aryl methyl sites for hydroxylation is 1. The third-order valence-corrected chi connectivity index (χ3v) is 6.03. The first-order valence-electron chi connectivity index (χ1n) is 10.3. The van der Waals surface area contributed by atoms with Crippen molar-refractivity contribution in [2.24, 2.45) is 4.99 Å². The van der Waals surface area contributed by atoms with Gasteiger partial charge in [-0.15, -0.1) is 0 Å². The monoisotopic (exact) mass is 383 g/mol. The molecule has 1 N–H and O–H groups in total. The van der Waals surface area contributed by atoms with Gasteiger partial charge in [0.1, 0.15) is 5.84 Å². The molecule has 1 aliphatic heterocycles. The van der Waals surface area contributed by atoms with Crippen LogP contribution in [0.1, 0.15) is 28.7 Å². The van der Waals surface area contributed by atoms with Crippen LogP contribution >= 0.6 is 0 Å². The van der Waals surface area contributed by atoms with E-state index in [2.05, 4.69) is 65.8 Å². The zero-order chi connectivity index (χ0) is 19.8. The molecule has 0 spiro atoms. The van der Waals surface area contributed by atoms with E-state index in [1.807, 2.05) is 0 Å². The predicted molar refractivity (Wildman–Crippen MR) is 118 cm³/mol. The zero-order valence-electron chi connectivity index (χ0n) is 17.0. The fourth-order valence-corrected chi connectivity index (χ4v) is 4.58. The Kier molecular flexibility index (Phi) is 4.55. The smallest absolute Gasteiger partial charge is 0.224 e. The Hall–Kier alpha value is -3.14. The minimum absolute atomic E-state index is 0.612. The standard InChI is InChI=1S/C25H25N3O/c1-16-18(21-11-4-7-17-6-3-10-20(17)21)8-5-9-19(16)23-13-12-22(25(28-23)29-2)24-26-14-15-27-24/h4-5,7-9,11-13H,3,6,10,14-15H2,1-2H3,(H,26,27). The summed E-state index contributed by atoms with van der Waals surface area (Å²) in [6, 6.07) is 17.4. The first kappa shape index (κ1) is 17.9. The van der Waals surface area contributed by atoms with E-state index in [1.165, 1.54) is 47.1 Å². The highest BCUT2D eigenvalue weighted by molar-refractivity contribution is 6.02. The summed E-state index contributed by atoms with van der Waals surface area (Å²) in [6.07, 6.45) is 3.62. The summed E-state index contributed by atoms with van der Waals surface area (Å²) in [5, 5.41) is 3.30. The molecule has 2 heterocycles. The van der Waals surface area contributed by atoms with Crippen molar-refractivity contribution in [2.45, 2.75) is 26.2 Å². The van der Waals surface area contributed by atoms with Crippen molar-refractivity contribution < 1.29 is 4.74 Å². The lowest BCUT2D eigenvalue weighted by molar-refractivity contribution is 0.397. The maximum Gasteiger partial charge on any atom is 0.224 e. The van der Waals surface area contributed by atoms with Gasteiger partial charge in [-0.25, -0.2) is 4.98 Å². The highest BCUT2D eigenvalue weighted by Gasteiger charge is 2.19. The zero-order valence-corrected chi connectivity index (χ0v) is 17.0. The maximum atomic E-state index is 5.60. The fraction of sp³-hybridized carbons (Fsp3) is 0.280. The van der Waals surface area contributed by atoms with Gasteiger partial charge in [-0.3, -0.25) is 4.99 Å². The van der Waals surface area contributed by atoms with Crippen LogP contribution in [0.25, 0.3) is 22.4 Å². The van der Waals surface area contributed by atoms with Crippen LogP contribution in [0.2, 0.25) is 0 Å². The number of fused-ring (bicyclic) bond motifs is 1. The Morgan fingerprint density at radius 2 is 1.72 bits per heavy atom. The number of aliphatic imine (C=N–C) groups is 1. The lowest BCUT2D eigenvalue weighted by atomic mass is 9.90. The van der Waals surface area contributed by atoms with Crippen LogP contribution in [0.15, 0.2) is 53.5 Å². The van der Waals surface area contributed by atoms with Crippen molar-refractivity contribution in [1.82, 2.24) is 10.3 Å². The minimum atomic E-state index is 0.612. The molecule has 0 saturated heterocycles. The molecule has 0 saturated carbocycles. The molecule has 0 amide bonds. The van der Waals surface area contributed by atoms with Crippen LogP contribution in [0, 0.1) is 6.92 Å². The van der Waals surface area contributed by atoms with E-state index in [1.54, 1.807) is 7.11 Å².